The van der Waals surface area contributed by atoms with Crippen molar-refractivity contribution >= 4 is 28.6 Å². The van der Waals surface area contributed by atoms with E-state index in [-0.39, 0.29) is 23.1 Å². The summed E-state index contributed by atoms with van der Waals surface area (Å²) in [5.41, 5.74) is -0.393. The Labute approximate surface area is 196 Å². The number of ether oxygens (including phenoxy) is 1. The van der Waals surface area contributed by atoms with Crippen molar-refractivity contribution in [3.8, 4) is 0 Å². The molecule has 3 aromatic rings. The summed E-state index contributed by atoms with van der Waals surface area (Å²) < 4.78 is 6.76. The average molecular weight is 509 g/mol. The number of aliphatic hydroxyl groups is 1. The van der Waals surface area contributed by atoms with Crippen molar-refractivity contribution in [1.29, 1.82) is 0 Å². The number of thiophene rings is 2. The second-order valence-corrected chi connectivity index (χ2v) is 9.86. The Balaban J connectivity index is 0.00000256. The Hall–Kier alpha value is -1.51. The number of rotatable bonds is 7. The molecule has 0 aliphatic carbocycles. The Bertz CT molecular complexity index is 897. The molecule has 30 heavy (non-hydrogen) atoms. The van der Waals surface area contributed by atoms with Crippen molar-refractivity contribution < 1.29 is 36.1 Å². The molecule has 1 fully saturated rings. The number of likely N-dealkylation sites (N-methyl/N-ethyl adjacent to an activating group) is 1. The van der Waals surface area contributed by atoms with Crippen LogP contribution in [0.25, 0.3) is 0 Å². The van der Waals surface area contributed by atoms with Crippen LogP contribution in [0.2, 0.25) is 0 Å². The smallest absolute Gasteiger partial charge is 0.349 e. The first-order valence-corrected chi connectivity index (χ1v) is 11.6. The normalized spacial score (nSPS) is 21.2. The van der Waals surface area contributed by atoms with Gasteiger partial charge in [-0.2, -0.15) is 0 Å². The number of quaternary nitrogens is 1. The van der Waals surface area contributed by atoms with Crippen LogP contribution in [0.4, 0.5) is 0 Å². The number of hydrogen-bond donors (Lipinski definition) is 1. The maximum atomic E-state index is 13.1. The summed E-state index contributed by atoms with van der Waals surface area (Å²) in [5.74, 6) is -0.566. The van der Waals surface area contributed by atoms with Crippen LogP contribution in [0.1, 0.15) is 21.7 Å². The van der Waals surface area contributed by atoms with Gasteiger partial charge in [-0.15, -0.1) is 22.7 Å². The molecule has 1 aliphatic rings. The van der Waals surface area contributed by atoms with Crippen LogP contribution in [0.3, 0.4) is 0 Å². The van der Waals surface area contributed by atoms with Crippen molar-refractivity contribution in [2.45, 2.75) is 24.5 Å². The average Bonchev–Trinajstić information content (AvgIpc) is 3.49. The van der Waals surface area contributed by atoms with Crippen molar-refractivity contribution in [1.82, 2.24) is 0 Å². The van der Waals surface area contributed by atoms with Crippen molar-refractivity contribution in [2.24, 2.45) is 0 Å². The molecule has 2 aromatic heterocycles. The predicted octanol–water partition coefficient (Wildman–Crippen LogP) is 1.05. The predicted molar refractivity (Wildman–Crippen MR) is 117 cm³/mol. The molecule has 0 radical (unpaired) electrons. The van der Waals surface area contributed by atoms with E-state index in [2.05, 4.69) is 31.3 Å². The van der Waals surface area contributed by atoms with Crippen LogP contribution in [0.15, 0.2) is 65.4 Å². The van der Waals surface area contributed by atoms with E-state index in [1.54, 1.807) is 12.1 Å². The summed E-state index contributed by atoms with van der Waals surface area (Å²) in [6.07, 6.45) is 1.66. The fourth-order valence-corrected chi connectivity index (χ4v) is 5.72. The van der Waals surface area contributed by atoms with Crippen molar-refractivity contribution in [3.63, 3.8) is 0 Å². The van der Waals surface area contributed by atoms with Gasteiger partial charge in [0.25, 0.3) is 0 Å². The topological polar surface area (TPSA) is 46.5 Å². The van der Waals surface area contributed by atoms with Crippen LogP contribution in [0.5, 0.6) is 0 Å². The molecule has 4 nitrogen and oxygen atoms in total. The van der Waals surface area contributed by atoms with Gasteiger partial charge in [0.1, 0.15) is 6.54 Å². The van der Waals surface area contributed by atoms with Gasteiger partial charge in [0.2, 0.25) is 5.60 Å². The summed E-state index contributed by atoms with van der Waals surface area (Å²) >= 11 is 2.74. The van der Waals surface area contributed by atoms with Gasteiger partial charge < -0.3 is 31.3 Å². The summed E-state index contributed by atoms with van der Waals surface area (Å²) in [6, 6.07) is 17.8. The molecule has 1 aromatic carbocycles. The summed E-state index contributed by atoms with van der Waals surface area (Å²) in [5, 5.41) is 15.1. The molecule has 2 unspecified atom stereocenters. The molecule has 3 heterocycles. The van der Waals surface area contributed by atoms with Gasteiger partial charge in [0.15, 0.2) is 6.10 Å². The van der Waals surface area contributed by atoms with Crippen LogP contribution in [-0.2, 0) is 21.6 Å². The first kappa shape index (κ1) is 23.2. The number of halogens is 1. The zero-order valence-electron chi connectivity index (χ0n) is 16.9. The van der Waals surface area contributed by atoms with Gasteiger partial charge in [0, 0.05) is 12.8 Å². The SMILES string of the molecule is C[N+]1(CCc2ccccc2)CCC(OC(=O)C(O)(c2cccs2)c2cccs2)C1.[Br-]. The van der Waals surface area contributed by atoms with E-state index in [0.29, 0.717) is 9.75 Å². The second kappa shape index (κ2) is 9.75. The second-order valence-electron chi connectivity index (χ2n) is 7.97. The molecule has 0 bridgehead atoms. The van der Waals surface area contributed by atoms with E-state index in [9.17, 15) is 9.90 Å². The van der Waals surface area contributed by atoms with Crippen molar-refractivity contribution in [2.75, 3.05) is 26.7 Å². The Morgan fingerprint density at radius 2 is 1.73 bits per heavy atom. The third-order valence-corrected chi connectivity index (χ3v) is 7.70. The molecule has 2 atom stereocenters. The Morgan fingerprint density at radius 3 is 2.30 bits per heavy atom. The van der Waals surface area contributed by atoms with Crippen LogP contribution < -0.4 is 17.0 Å². The lowest BCUT2D eigenvalue weighted by Crippen LogP contribution is -3.00. The van der Waals surface area contributed by atoms with E-state index in [4.69, 9.17) is 4.74 Å². The molecule has 0 spiro atoms. The van der Waals surface area contributed by atoms with Gasteiger partial charge in [0.05, 0.1) is 29.9 Å². The molecular weight excluding hydrogens is 482 g/mol. The van der Waals surface area contributed by atoms with Gasteiger partial charge in [-0.25, -0.2) is 4.79 Å². The molecular formula is C23H26BrNO3S2. The molecule has 4 rings (SSSR count). The van der Waals surface area contributed by atoms with Gasteiger partial charge in [-0.1, -0.05) is 42.5 Å². The fraction of sp³-hybridized carbons (Fsp3) is 0.348. The Kier molecular flexibility index (Phi) is 7.52. The van der Waals surface area contributed by atoms with E-state index in [0.717, 1.165) is 37.0 Å². The maximum Gasteiger partial charge on any atom is 0.349 e. The van der Waals surface area contributed by atoms with E-state index in [1.807, 2.05) is 29.0 Å². The fourth-order valence-electron chi connectivity index (χ4n) is 4.00. The van der Waals surface area contributed by atoms with Crippen LogP contribution in [0, 0.1) is 0 Å². The minimum Gasteiger partial charge on any atom is -1.00 e. The van der Waals surface area contributed by atoms with Crippen LogP contribution >= 0.6 is 22.7 Å². The zero-order valence-corrected chi connectivity index (χ0v) is 20.1. The molecule has 0 saturated carbocycles. The van der Waals surface area contributed by atoms with Crippen LogP contribution in [-0.4, -0.2) is 48.3 Å². The standard InChI is InChI=1S/C23H26NO3S2.BrH/c1-24(13-11-18-7-3-2-4-8-18)14-12-19(17-24)27-22(25)23(26,20-9-5-15-28-20)21-10-6-16-29-21;/h2-10,15-16,19,26H,11-14,17H2,1H3;1H/q+1;/p-1. The highest BCUT2D eigenvalue weighted by Crippen LogP contribution is 2.37. The zero-order chi connectivity index (χ0) is 20.3. The lowest BCUT2D eigenvalue weighted by atomic mass is 10.00. The highest BCUT2D eigenvalue weighted by atomic mass is 79.9. The molecule has 7 heteroatoms. The summed E-state index contributed by atoms with van der Waals surface area (Å²) in [7, 11) is 2.22. The third-order valence-electron chi connectivity index (χ3n) is 5.74. The maximum absolute atomic E-state index is 13.1. The number of benzene rings is 1. The van der Waals surface area contributed by atoms with Gasteiger partial charge in [-0.05, 0) is 28.5 Å². The lowest BCUT2D eigenvalue weighted by molar-refractivity contribution is -0.898. The quantitative estimate of drug-likeness (QED) is 0.384. The molecule has 1 aliphatic heterocycles. The van der Waals surface area contributed by atoms with E-state index < -0.39 is 11.6 Å². The van der Waals surface area contributed by atoms with Crippen molar-refractivity contribution in [3.05, 3.63) is 80.7 Å². The number of carbonyl (C=O) groups is 1. The van der Waals surface area contributed by atoms with Gasteiger partial charge >= 0.3 is 5.97 Å². The minimum absolute atomic E-state index is 0. The third kappa shape index (κ3) is 4.86. The van der Waals surface area contributed by atoms with E-state index >= 15 is 0 Å². The van der Waals surface area contributed by atoms with Gasteiger partial charge in [-0.3, -0.25) is 0 Å². The first-order valence-electron chi connectivity index (χ1n) is 9.88. The first-order chi connectivity index (χ1) is 14.0. The lowest BCUT2D eigenvalue weighted by Gasteiger charge is -2.30. The summed E-state index contributed by atoms with van der Waals surface area (Å²) in [6.45, 7) is 2.77. The molecule has 1 saturated heterocycles. The highest BCUT2D eigenvalue weighted by molar-refractivity contribution is 7.12. The largest absolute Gasteiger partial charge is 1.00 e. The number of hydrogen-bond acceptors (Lipinski definition) is 5. The molecule has 160 valence electrons. The molecule has 0 amide bonds. The number of esters is 1. The summed E-state index contributed by atoms with van der Waals surface area (Å²) in [4.78, 5) is 14.3. The number of likely N-dealkylation sites (tertiary alicyclic amines) is 1. The number of carbonyl (C=O) groups excluding carboxylic acids is 1. The van der Waals surface area contributed by atoms with E-state index in [1.165, 1.54) is 28.2 Å². The molecule has 1 N–H and O–H groups in total. The monoisotopic (exact) mass is 507 g/mol. The Morgan fingerprint density at radius 1 is 1.10 bits per heavy atom. The number of nitrogens with zero attached hydrogens (tertiary/aromatic N) is 1. The highest BCUT2D eigenvalue weighted by Gasteiger charge is 2.46. The minimum atomic E-state index is -1.72.